The lowest BCUT2D eigenvalue weighted by molar-refractivity contribution is 0.212. The van der Waals surface area contributed by atoms with E-state index in [0.29, 0.717) is 6.54 Å². The second-order valence-corrected chi connectivity index (χ2v) is 3.61. The molecule has 1 heterocycles. The van der Waals surface area contributed by atoms with E-state index < -0.39 is 0 Å². The Morgan fingerprint density at radius 2 is 2.00 bits per heavy atom. The molecular formula is C12H14N2O. The molecule has 0 saturated heterocycles. The Morgan fingerprint density at radius 1 is 1.33 bits per heavy atom. The molecule has 3 heteroatoms. The maximum Gasteiger partial charge on any atom is 0.344 e. The van der Waals surface area contributed by atoms with Gasteiger partial charge in [-0.3, -0.25) is 0 Å². The molecule has 0 spiro atoms. The Bertz CT molecular complexity index is 397. The molecule has 1 atom stereocenters. The van der Waals surface area contributed by atoms with Crippen molar-refractivity contribution in [3.05, 3.63) is 35.9 Å². The molecule has 2 amide bonds. The molecule has 0 N–H and O–H groups in total. The predicted molar refractivity (Wildman–Crippen MR) is 60.2 cm³/mol. The maximum absolute atomic E-state index is 11.5. The van der Waals surface area contributed by atoms with Crippen LogP contribution in [-0.4, -0.2) is 29.2 Å². The van der Waals surface area contributed by atoms with Gasteiger partial charge in [0.1, 0.15) is 0 Å². The Morgan fingerprint density at radius 3 is 2.53 bits per heavy atom. The quantitative estimate of drug-likeness (QED) is 0.724. The largest absolute Gasteiger partial charge is 0.344 e. The van der Waals surface area contributed by atoms with E-state index in [9.17, 15) is 4.79 Å². The SMILES string of the molecule is CCN1C(=O)N=C(c2ccccc2)C1C. The van der Waals surface area contributed by atoms with Gasteiger partial charge >= 0.3 is 6.03 Å². The maximum atomic E-state index is 11.5. The Hall–Kier alpha value is -1.64. The van der Waals surface area contributed by atoms with Gasteiger partial charge in [0.2, 0.25) is 0 Å². The molecule has 0 bridgehead atoms. The molecule has 1 unspecified atom stereocenters. The van der Waals surface area contributed by atoms with E-state index in [1.807, 2.05) is 44.2 Å². The summed E-state index contributed by atoms with van der Waals surface area (Å²) in [4.78, 5) is 17.4. The van der Waals surface area contributed by atoms with E-state index in [0.717, 1.165) is 11.3 Å². The number of amides is 2. The fourth-order valence-electron chi connectivity index (χ4n) is 1.90. The van der Waals surface area contributed by atoms with Gasteiger partial charge in [0.25, 0.3) is 0 Å². The minimum absolute atomic E-state index is 0.0879. The van der Waals surface area contributed by atoms with Crippen molar-refractivity contribution in [2.24, 2.45) is 4.99 Å². The van der Waals surface area contributed by atoms with E-state index in [2.05, 4.69) is 4.99 Å². The topological polar surface area (TPSA) is 32.7 Å². The van der Waals surface area contributed by atoms with E-state index in [1.54, 1.807) is 4.90 Å². The summed E-state index contributed by atoms with van der Waals surface area (Å²) < 4.78 is 0. The first-order valence-electron chi connectivity index (χ1n) is 5.18. The summed E-state index contributed by atoms with van der Waals surface area (Å²) in [5.74, 6) is 0. The minimum atomic E-state index is -0.121. The molecule has 0 saturated carbocycles. The van der Waals surface area contributed by atoms with Crippen molar-refractivity contribution in [3.63, 3.8) is 0 Å². The number of hydrogen-bond acceptors (Lipinski definition) is 1. The zero-order valence-electron chi connectivity index (χ0n) is 8.97. The van der Waals surface area contributed by atoms with Crippen molar-refractivity contribution in [2.45, 2.75) is 19.9 Å². The first kappa shape index (κ1) is 9.90. The van der Waals surface area contributed by atoms with Crippen LogP contribution in [0.5, 0.6) is 0 Å². The van der Waals surface area contributed by atoms with Crippen LogP contribution in [0.4, 0.5) is 4.79 Å². The number of hydrogen-bond donors (Lipinski definition) is 0. The van der Waals surface area contributed by atoms with Crippen LogP contribution in [0.25, 0.3) is 0 Å². The van der Waals surface area contributed by atoms with Crippen molar-refractivity contribution in [3.8, 4) is 0 Å². The monoisotopic (exact) mass is 202 g/mol. The fourth-order valence-corrected chi connectivity index (χ4v) is 1.90. The van der Waals surface area contributed by atoms with E-state index >= 15 is 0 Å². The normalized spacial score (nSPS) is 20.7. The summed E-state index contributed by atoms with van der Waals surface area (Å²) in [6.07, 6.45) is 0. The lowest BCUT2D eigenvalue weighted by Gasteiger charge is -2.19. The average Bonchev–Trinajstić information content (AvgIpc) is 2.55. The molecule has 0 aromatic heterocycles. The van der Waals surface area contributed by atoms with Gasteiger partial charge in [-0.2, -0.15) is 4.99 Å². The second kappa shape index (κ2) is 3.85. The minimum Gasteiger partial charge on any atom is -0.315 e. The number of aliphatic imine (C=N–C) groups is 1. The van der Waals surface area contributed by atoms with Gasteiger partial charge in [-0.1, -0.05) is 30.3 Å². The number of likely N-dealkylation sites (N-methyl/N-ethyl adjacent to an activating group) is 1. The van der Waals surface area contributed by atoms with Crippen LogP contribution in [0.2, 0.25) is 0 Å². The van der Waals surface area contributed by atoms with Gasteiger partial charge in [-0.25, -0.2) is 4.79 Å². The lowest BCUT2D eigenvalue weighted by atomic mass is 10.0. The summed E-state index contributed by atoms with van der Waals surface area (Å²) in [6, 6.07) is 9.83. The van der Waals surface area contributed by atoms with Crippen LogP contribution in [-0.2, 0) is 0 Å². The number of nitrogens with zero attached hydrogens (tertiary/aromatic N) is 2. The molecule has 1 aromatic rings. The molecule has 15 heavy (non-hydrogen) atoms. The molecule has 2 rings (SSSR count). The average molecular weight is 202 g/mol. The second-order valence-electron chi connectivity index (χ2n) is 3.61. The Labute approximate surface area is 89.4 Å². The first-order chi connectivity index (χ1) is 7.24. The predicted octanol–water partition coefficient (Wildman–Crippen LogP) is 2.32. The van der Waals surface area contributed by atoms with Crippen LogP contribution >= 0.6 is 0 Å². The highest BCUT2D eigenvalue weighted by molar-refractivity contribution is 6.13. The highest BCUT2D eigenvalue weighted by Crippen LogP contribution is 2.17. The molecule has 0 radical (unpaired) electrons. The highest BCUT2D eigenvalue weighted by Gasteiger charge is 2.30. The van der Waals surface area contributed by atoms with E-state index in [-0.39, 0.29) is 12.1 Å². The molecule has 0 fully saturated rings. The van der Waals surface area contributed by atoms with Crippen molar-refractivity contribution in [2.75, 3.05) is 6.54 Å². The third kappa shape index (κ3) is 1.65. The number of carbonyl (C=O) groups is 1. The van der Waals surface area contributed by atoms with Crippen molar-refractivity contribution in [1.29, 1.82) is 0 Å². The number of benzene rings is 1. The molecule has 1 aliphatic heterocycles. The smallest absolute Gasteiger partial charge is 0.315 e. The van der Waals surface area contributed by atoms with Gasteiger partial charge in [0, 0.05) is 6.54 Å². The van der Waals surface area contributed by atoms with Gasteiger partial charge in [0.05, 0.1) is 11.8 Å². The summed E-state index contributed by atoms with van der Waals surface area (Å²) in [5.41, 5.74) is 1.91. The van der Waals surface area contributed by atoms with Gasteiger partial charge in [0.15, 0.2) is 0 Å². The van der Waals surface area contributed by atoms with Gasteiger partial charge in [-0.15, -0.1) is 0 Å². The standard InChI is InChI=1S/C12H14N2O/c1-3-14-9(2)11(13-12(14)15)10-7-5-4-6-8-10/h4-9H,3H2,1-2H3. The molecule has 1 aromatic carbocycles. The zero-order chi connectivity index (χ0) is 10.8. The third-order valence-corrected chi connectivity index (χ3v) is 2.74. The van der Waals surface area contributed by atoms with Crippen molar-refractivity contribution in [1.82, 2.24) is 4.90 Å². The van der Waals surface area contributed by atoms with Gasteiger partial charge < -0.3 is 4.90 Å². The van der Waals surface area contributed by atoms with Crippen LogP contribution in [0.15, 0.2) is 35.3 Å². The Kier molecular flexibility index (Phi) is 2.54. The molecule has 1 aliphatic rings. The van der Waals surface area contributed by atoms with E-state index in [1.165, 1.54) is 0 Å². The number of rotatable bonds is 2. The van der Waals surface area contributed by atoms with Gasteiger partial charge in [-0.05, 0) is 19.4 Å². The summed E-state index contributed by atoms with van der Waals surface area (Å²) >= 11 is 0. The molecule has 3 nitrogen and oxygen atoms in total. The number of carbonyl (C=O) groups excluding carboxylic acids is 1. The van der Waals surface area contributed by atoms with Crippen molar-refractivity contribution < 1.29 is 4.79 Å². The molecule has 0 aliphatic carbocycles. The fraction of sp³-hybridized carbons (Fsp3) is 0.333. The summed E-state index contributed by atoms with van der Waals surface area (Å²) in [6.45, 7) is 4.69. The van der Waals surface area contributed by atoms with E-state index in [4.69, 9.17) is 0 Å². The Balaban J connectivity index is 2.33. The van der Waals surface area contributed by atoms with Crippen LogP contribution in [0.1, 0.15) is 19.4 Å². The molecular weight excluding hydrogens is 188 g/mol. The molecule has 78 valence electrons. The third-order valence-electron chi connectivity index (χ3n) is 2.74. The van der Waals surface area contributed by atoms with Crippen LogP contribution < -0.4 is 0 Å². The lowest BCUT2D eigenvalue weighted by Crippen LogP contribution is -2.35. The summed E-state index contributed by atoms with van der Waals surface area (Å²) in [5, 5.41) is 0. The van der Waals surface area contributed by atoms with Crippen molar-refractivity contribution >= 4 is 11.7 Å². The number of urea groups is 1. The summed E-state index contributed by atoms with van der Waals surface area (Å²) in [7, 11) is 0. The van der Waals surface area contributed by atoms with Crippen LogP contribution in [0, 0.1) is 0 Å². The first-order valence-corrected chi connectivity index (χ1v) is 5.18. The highest BCUT2D eigenvalue weighted by atomic mass is 16.2. The van der Waals surface area contributed by atoms with Crippen LogP contribution in [0.3, 0.4) is 0 Å². The zero-order valence-corrected chi connectivity index (χ0v) is 8.97.